The summed E-state index contributed by atoms with van der Waals surface area (Å²) in [7, 11) is 1.82. The van der Waals surface area contributed by atoms with E-state index in [1.165, 1.54) is 0 Å². The number of hydrogen-bond acceptors (Lipinski definition) is 6. The molecule has 0 unspecified atom stereocenters. The van der Waals surface area contributed by atoms with Gasteiger partial charge in [0.25, 0.3) is 0 Å². The maximum absolute atomic E-state index is 9.05. The van der Waals surface area contributed by atoms with E-state index < -0.39 is 0 Å². The second-order valence-corrected chi connectivity index (χ2v) is 4.65. The fraction of sp³-hybridized carbons (Fsp3) is 0.294. The lowest BCUT2D eigenvalue weighted by atomic mass is 10.2. The molecule has 6 heteroatoms. The lowest BCUT2D eigenvalue weighted by molar-refractivity contribution is 0.281. The maximum atomic E-state index is 9.05. The zero-order chi connectivity index (χ0) is 16.9. The summed E-state index contributed by atoms with van der Waals surface area (Å²) in [5, 5.41) is 29.1. The van der Waals surface area contributed by atoms with Crippen LogP contribution < -0.4 is 10.2 Å². The summed E-state index contributed by atoms with van der Waals surface area (Å²) < 4.78 is 0. The number of nitrogens with one attached hydrogen (secondary N) is 1. The van der Waals surface area contributed by atoms with Gasteiger partial charge in [0.1, 0.15) is 0 Å². The van der Waals surface area contributed by atoms with Gasteiger partial charge in [0.05, 0.1) is 24.6 Å². The van der Waals surface area contributed by atoms with Crippen molar-refractivity contribution in [2.24, 2.45) is 10.2 Å². The molecule has 0 spiro atoms. The molecule has 0 aliphatic carbocycles. The second-order valence-electron chi connectivity index (χ2n) is 4.65. The lowest BCUT2D eigenvalue weighted by Crippen LogP contribution is -2.29. The van der Waals surface area contributed by atoms with Crippen LogP contribution in [0.3, 0.4) is 0 Å². The number of aliphatic hydroxyl groups excluding tert-OH is 2. The third-order valence-electron chi connectivity index (χ3n) is 2.91. The summed E-state index contributed by atoms with van der Waals surface area (Å²) >= 11 is 0. The average molecular weight is 316 g/mol. The Kier molecular flexibility index (Phi) is 9.04. The van der Waals surface area contributed by atoms with Crippen LogP contribution in [-0.4, -0.2) is 43.6 Å². The third kappa shape index (κ3) is 7.39. The van der Waals surface area contributed by atoms with E-state index in [9.17, 15) is 0 Å². The van der Waals surface area contributed by atoms with E-state index in [4.69, 9.17) is 10.2 Å². The summed E-state index contributed by atoms with van der Waals surface area (Å²) in [5.41, 5.74) is 2.18. The van der Waals surface area contributed by atoms with Crippen molar-refractivity contribution >= 4 is 11.4 Å². The Morgan fingerprint density at radius 3 is 2.39 bits per heavy atom. The SMILES string of the molecule is C=C(/C=C\C=C/NC)N=Nc1ccc(N(CCO)CCO)cc1. The van der Waals surface area contributed by atoms with Crippen LogP contribution in [0.4, 0.5) is 11.4 Å². The molecule has 0 aliphatic rings. The highest BCUT2D eigenvalue weighted by molar-refractivity contribution is 5.52. The van der Waals surface area contributed by atoms with Gasteiger partial charge in [-0.15, -0.1) is 0 Å². The van der Waals surface area contributed by atoms with Crippen molar-refractivity contribution < 1.29 is 10.2 Å². The second kappa shape index (κ2) is 11.2. The highest BCUT2D eigenvalue weighted by Gasteiger charge is 2.04. The van der Waals surface area contributed by atoms with E-state index in [-0.39, 0.29) is 13.2 Å². The highest BCUT2D eigenvalue weighted by atomic mass is 16.3. The smallest absolute Gasteiger partial charge is 0.0858 e. The molecule has 3 N–H and O–H groups in total. The number of benzene rings is 1. The van der Waals surface area contributed by atoms with E-state index in [0.717, 1.165) is 5.69 Å². The molecule has 0 atom stereocenters. The number of hydrogen-bond donors (Lipinski definition) is 3. The van der Waals surface area contributed by atoms with Crippen molar-refractivity contribution in [1.82, 2.24) is 5.32 Å². The van der Waals surface area contributed by atoms with Gasteiger partial charge in [0.15, 0.2) is 0 Å². The molecule has 0 radical (unpaired) electrons. The minimum atomic E-state index is 0.0373. The molecule has 0 amide bonds. The Bertz CT molecular complexity index is 544. The van der Waals surface area contributed by atoms with Crippen LogP contribution in [0.5, 0.6) is 0 Å². The number of nitrogens with zero attached hydrogens (tertiary/aromatic N) is 3. The molecule has 1 rings (SSSR count). The molecule has 124 valence electrons. The number of rotatable bonds is 10. The van der Waals surface area contributed by atoms with Crippen molar-refractivity contribution in [1.29, 1.82) is 0 Å². The molecule has 1 aromatic carbocycles. The minimum Gasteiger partial charge on any atom is -0.395 e. The molecular weight excluding hydrogens is 292 g/mol. The van der Waals surface area contributed by atoms with Gasteiger partial charge >= 0.3 is 0 Å². The molecule has 23 heavy (non-hydrogen) atoms. The summed E-state index contributed by atoms with van der Waals surface area (Å²) in [6.07, 6.45) is 7.22. The fourth-order valence-electron chi connectivity index (χ4n) is 1.82. The summed E-state index contributed by atoms with van der Waals surface area (Å²) in [6, 6.07) is 7.43. The van der Waals surface area contributed by atoms with Crippen LogP contribution in [-0.2, 0) is 0 Å². The molecule has 0 heterocycles. The van der Waals surface area contributed by atoms with Crippen molar-refractivity contribution in [2.45, 2.75) is 0 Å². The van der Waals surface area contributed by atoms with Crippen LogP contribution in [0.2, 0.25) is 0 Å². The van der Waals surface area contributed by atoms with Crippen LogP contribution in [0.25, 0.3) is 0 Å². The number of aliphatic hydroxyl groups is 2. The van der Waals surface area contributed by atoms with Crippen LogP contribution >= 0.6 is 0 Å². The van der Waals surface area contributed by atoms with Gasteiger partial charge < -0.3 is 20.4 Å². The van der Waals surface area contributed by atoms with E-state index in [2.05, 4.69) is 22.1 Å². The molecule has 0 saturated heterocycles. The molecule has 0 aromatic heterocycles. The quantitative estimate of drug-likeness (QED) is 0.457. The fourth-order valence-corrected chi connectivity index (χ4v) is 1.82. The van der Waals surface area contributed by atoms with Crippen molar-refractivity contribution in [3.05, 3.63) is 61.0 Å². The number of anilines is 1. The van der Waals surface area contributed by atoms with Crippen molar-refractivity contribution in [3.8, 4) is 0 Å². The van der Waals surface area contributed by atoms with Gasteiger partial charge in [-0.3, -0.25) is 0 Å². The minimum absolute atomic E-state index is 0.0373. The highest BCUT2D eigenvalue weighted by Crippen LogP contribution is 2.20. The maximum Gasteiger partial charge on any atom is 0.0858 e. The Morgan fingerprint density at radius 1 is 1.17 bits per heavy atom. The summed E-state index contributed by atoms with van der Waals surface area (Å²) in [5.74, 6) is 0. The first-order valence-corrected chi connectivity index (χ1v) is 7.39. The average Bonchev–Trinajstić information content (AvgIpc) is 2.57. The molecule has 0 aliphatic heterocycles. The Labute approximate surface area is 137 Å². The van der Waals surface area contributed by atoms with E-state index in [0.29, 0.717) is 24.5 Å². The number of azo groups is 1. The van der Waals surface area contributed by atoms with Crippen molar-refractivity contribution in [2.75, 3.05) is 38.3 Å². The first-order chi connectivity index (χ1) is 11.2. The molecular formula is C17H24N4O2. The first kappa shape index (κ1) is 18.6. The van der Waals surface area contributed by atoms with Gasteiger partial charge in [0, 0.05) is 25.8 Å². The molecule has 0 bridgehead atoms. The topological polar surface area (TPSA) is 80.5 Å². The van der Waals surface area contributed by atoms with Gasteiger partial charge in [-0.1, -0.05) is 12.7 Å². The Morgan fingerprint density at radius 2 is 1.83 bits per heavy atom. The van der Waals surface area contributed by atoms with Gasteiger partial charge in [-0.05, 0) is 42.6 Å². The monoisotopic (exact) mass is 316 g/mol. The molecule has 0 fully saturated rings. The third-order valence-corrected chi connectivity index (χ3v) is 2.91. The van der Waals surface area contributed by atoms with Gasteiger partial charge in [-0.25, -0.2) is 0 Å². The van der Waals surface area contributed by atoms with Crippen molar-refractivity contribution in [3.63, 3.8) is 0 Å². The van der Waals surface area contributed by atoms with Crippen LogP contribution in [0.1, 0.15) is 0 Å². The molecule has 1 aromatic rings. The zero-order valence-corrected chi connectivity index (χ0v) is 13.4. The van der Waals surface area contributed by atoms with Crippen LogP contribution in [0, 0.1) is 0 Å². The number of allylic oxidation sites excluding steroid dienone is 3. The summed E-state index contributed by atoms with van der Waals surface area (Å²) in [4.78, 5) is 1.90. The van der Waals surface area contributed by atoms with E-state index >= 15 is 0 Å². The first-order valence-electron chi connectivity index (χ1n) is 7.39. The largest absolute Gasteiger partial charge is 0.395 e. The Hall–Kier alpha value is -2.44. The van der Waals surface area contributed by atoms with E-state index in [1.54, 1.807) is 12.3 Å². The molecule has 0 saturated carbocycles. The normalized spacial score (nSPS) is 11.6. The van der Waals surface area contributed by atoms with Gasteiger partial charge in [0.2, 0.25) is 0 Å². The van der Waals surface area contributed by atoms with Crippen LogP contribution in [0.15, 0.2) is 71.2 Å². The van der Waals surface area contributed by atoms with Gasteiger partial charge in [-0.2, -0.15) is 10.2 Å². The zero-order valence-electron chi connectivity index (χ0n) is 13.4. The molecule has 6 nitrogen and oxygen atoms in total. The van der Waals surface area contributed by atoms with E-state index in [1.807, 2.05) is 48.4 Å². The lowest BCUT2D eigenvalue weighted by Gasteiger charge is -2.22. The summed E-state index contributed by atoms with van der Waals surface area (Å²) in [6.45, 7) is 4.82. The predicted octanol–water partition coefficient (Wildman–Crippen LogP) is 2.36. The predicted molar refractivity (Wildman–Crippen MR) is 93.8 cm³/mol. The standard InChI is InChI=1S/C17H24N4O2/c1-15(5-3-4-10-18-2)19-20-16-6-8-17(9-7-16)21(11-13-22)12-14-23/h3-10,18,22-23H,1,11-14H2,2H3/b5-3-,10-4-,20-19?. The Balaban J connectivity index is 2.65.